The van der Waals surface area contributed by atoms with Crippen LogP contribution in [0.15, 0.2) is 0 Å². The molecule has 0 N–H and O–H groups in total. The molecule has 0 aromatic carbocycles. The lowest BCUT2D eigenvalue weighted by atomic mass is 10.0. The van der Waals surface area contributed by atoms with Gasteiger partial charge in [-0.05, 0) is 51.4 Å². The SMILES string of the molecule is CCCCCCCC[N+](CCCCCCC)(CCCCCCC)CCCCCCCC.[I-]. The first-order valence-corrected chi connectivity index (χ1v) is 15.1. The van der Waals surface area contributed by atoms with Gasteiger partial charge in [-0.1, -0.05) is 118 Å². The molecule has 0 spiro atoms. The van der Waals surface area contributed by atoms with Crippen molar-refractivity contribution in [1.82, 2.24) is 0 Å². The number of quaternary nitrogens is 1. The van der Waals surface area contributed by atoms with E-state index in [1.165, 1.54) is 172 Å². The largest absolute Gasteiger partial charge is 1.00 e. The molecule has 2 heteroatoms. The van der Waals surface area contributed by atoms with E-state index in [1.54, 1.807) is 0 Å². The average molecular weight is 566 g/mol. The van der Waals surface area contributed by atoms with Crippen LogP contribution >= 0.6 is 0 Å². The summed E-state index contributed by atoms with van der Waals surface area (Å²) in [5.74, 6) is 0. The van der Waals surface area contributed by atoms with E-state index in [9.17, 15) is 0 Å². The molecule has 0 saturated heterocycles. The molecule has 0 unspecified atom stereocenters. The Morgan fingerprint density at radius 3 is 0.688 bits per heavy atom. The summed E-state index contributed by atoms with van der Waals surface area (Å²) >= 11 is 0. The number of hydrogen-bond acceptors (Lipinski definition) is 0. The molecule has 0 aromatic rings. The van der Waals surface area contributed by atoms with Crippen molar-refractivity contribution in [3.63, 3.8) is 0 Å². The molecule has 0 heterocycles. The van der Waals surface area contributed by atoms with Crippen LogP contribution in [0.1, 0.15) is 169 Å². The second-order valence-corrected chi connectivity index (χ2v) is 10.6. The van der Waals surface area contributed by atoms with E-state index in [4.69, 9.17) is 0 Å². The van der Waals surface area contributed by atoms with Crippen LogP contribution in [0.5, 0.6) is 0 Å². The molecule has 0 rings (SSSR count). The lowest BCUT2D eigenvalue weighted by Gasteiger charge is -2.40. The van der Waals surface area contributed by atoms with Crippen molar-refractivity contribution in [3.8, 4) is 0 Å². The minimum absolute atomic E-state index is 0. The third kappa shape index (κ3) is 22.5. The summed E-state index contributed by atoms with van der Waals surface area (Å²) in [6, 6.07) is 0. The molecular formula is C30H64IN. The third-order valence-corrected chi connectivity index (χ3v) is 7.44. The van der Waals surface area contributed by atoms with Crippen molar-refractivity contribution >= 4 is 0 Å². The fraction of sp³-hybridized carbons (Fsp3) is 1.00. The van der Waals surface area contributed by atoms with E-state index in [1.807, 2.05) is 0 Å². The van der Waals surface area contributed by atoms with Gasteiger partial charge < -0.3 is 28.5 Å². The molecule has 0 radical (unpaired) electrons. The summed E-state index contributed by atoms with van der Waals surface area (Å²) in [4.78, 5) is 0. The summed E-state index contributed by atoms with van der Waals surface area (Å²) in [6.07, 6.45) is 31.8. The maximum atomic E-state index is 2.34. The molecule has 0 atom stereocenters. The Morgan fingerprint density at radius 2 is 0.469 bits per heavy atom. The van der Waals surface area contributed by atoms with Gasteiger partial charge in [0.15, 0.2) is 0 Å². The van der Waals surface area contributed by atoms with Crippen LogP contribution in [0.3, 0.4) is 0 Å². The molecule has 1 nitrogen and oxygen atoms in total. The first-order chi connectivity index (χ1) is 15.2. The molecule has 32 heavy (non-hydrogen) atoms. The van der Waals surface area contributed by atoms with Crippen LogP contribution in [0, 0.1) is 0 Å². The van der Waals surface area contributed by atoms with Gasteiger partial charge in [0.25, 0.3) is 0 Å². The predicted octanol–water partition coefficient (Wildman–Crippen LogP) is 7.47. The lowest BCUT2D eigenvalue weighted by molar-refractivity contribution is -0.929. The number of hydrogen-bond donors (Lipinski definition) is 0. The normalized spacial score (nSPS) is 11.6. The van der Waals surface area contributed by atoms with Gasteiger partial charge in [-0.3, -0.25) is 0 Å². The van der Waals surface area contributed by atoms with Crippen molar-refractivity contribution in [1.29, 1.82) is 0 Å². The van der Waals surface area contributed by atoms with Gasteiger partial charge in [-0.15, -0.1) is 0 Å². The molecule has 0 aliphatic rings. The topological polar surface area (TPSA) is 0 Å². The highest BCUT2D eigenvalue weighted by Gasteiger charge is 2.25. The maximum Gasteiger partial charge on any atom is 0.0786 e. The third-order valence-electron chi connectivity index (χ3n) is 7.44. The minimum atomic E-state index is 0. The first-order valence-electron chi connectivity index (χ1n) is 15.1. The average Bonchev–Trinajstić information content (AvgIpc) is 2.78. The molecular weight excluding hydrogens is 501 g/mol. The van der Waals surface area contributed by atoms with Crippen molar-refractivity contribution in [3.05, 3.63) is 0 Å². The molecule has 0 amide bonds. The fourth-order valence-electron chi connectivity index (χ4n) is 5.23. The van der Waals surface area contributed by atoms with Gasteiger partial charge in [-0.25, -0.2) is 0 Å². The highest BCUT2D eigenvalue weighted by Crippen LogP contribution is 2.20. The molecule has 196 valence electrons. The molecule has 0 aliphatic heterocycles. The summed E-state index contributed by atoms with van der Waals surface area (Å²) in [5.41, 5.74) is 0. The Balaban J connectivity index is 0. The number of rotatable bonds is 26. The molecule has 0 saturated carbocycles. The smallest absolute Gasteiger partial charge is 0.0786 e. The quantitative estimate of drug-likeness (QED) is 0.0580. The Bertz CT molecular complexity index is 299. The van der Waals surface area contributed by atoms with Gasteiger partial charge in [0.2, 0.25) is 0 Å². The summed E-state index contributed by atoms with van der Waals surface area (Å²) in [6.45, 7) is 15.2. The second-order valence-electron chi connectivity index (χ2n) is 10.6. The number of unbranched alkanes of at least 4 members (excludes halogenated alkanes) is 18. The standard InChI is InChI=1S/C30H64N.HI/c1-5-9-13-17-21-25-29-31(27-23-19-15-11-7-3,28-24-20-16-12-8-4)30-26-22-18-14-10-6-2;/h5-30H2,1-4H3;1H/q+1;/p-1. The van der Waals surface area contributed by atoms with E-state index in [-0.39, 0.29) is 24.0 Å². The zero-order valence-electron chi connectivity index (χ0n) is 23.2. The van der Waals surface area contributed by atoms with Crippen molar-refractivity contribution in [2.45, 2.75) is 169 Å². The van der Waals surface area contributed by atoms with Crippen molar-refractivity contribution < 1.29 is 28.5 Å². The highest BCUT2D eigenvalue weighted by molar-refractivity contribution is 4.54. The number of halogens is 1. The zero-order chi connectivity index (χ0) is 22.9. The van der Waals surface area contributed by atoms with Gasteiger partial charge in [-0.2, -0.15) is 0 Å². The summed E-state index contributed by atoms with van der Waals surface area (Å²) in [5, 5.41) is 0. The first kappa shape index (κ1) is 34.9. The zero-order valence-corrected chi connectivity index (χ0v) is 25.4. The predicted molar refractivity (Wildman–Crippen MR) is 144 cm³/mol. The van der Waals surface area contributed by atoms with E-state index in [0.29, 0.717) is 0 Å². The van der Waals surface area contributed by atoms with Crippen LogP contribution in [-0.4, -0.2) is 30.7 Å². The van der Waals surface area contributed by atoms with Gasteiger partial charge in [0.05, 0.1) is 26.2 Å². The van der Waals surface area contributed by atoms with Crippen molar-refractivity contribution in [2.75, 3.05) is 26.2 Å². The Labute approximate surface area is 222 Å². The van der Waals surface area contributed by atoms with Crippen LogP contribution in [0.2, 0.25) is 0 Å². The van der Waals surface area contributed by atoms with Gasteiger partial charge >= 0.3 is 0 Å². The second kappa shape index (κ2) is 27.9. The molecule has 0 aliphatic carbocycles. The van der Waals surface area contributed by atoms with Gasteiger partial charge in [0.1, 0.15) is 0 Å². The fourth-order valence-corrected chi connectivity index (χ4v) is 5.23. The highest BCUT2D eigenvalue weighted by atomic mass is 127. The van der Waals surface area contributed by atoms with E-state index in [0.717, 1.165) is 0 Å². The Kier molecular flexibility index (Phi) is 30.4. The summed E-state index contributed by atoms with van der Waals surface area (Å²) in [7, 11) is 0. The van der Waals surface area contributed by atoms with Crippen LogP contribution in [0.4, 0.5) is 0 Å². The monoisotopic (exact) mass is 565 g/mol. The maximum absolute atomic E-state index is 2.34. The molecule has 0 aromatic heterocycles. The van der Waals surface area contributed by atoms with Crippen LogP contribution in [0.25, 0.3) is 0 Å². The van der Waals surface area contributed by atoms with Crippen LogP contribution < -0.4 is 24.0 Å². The minimum Gasteiger partial charge on any atom is -1.00 e. The lowest BCUT2D eigenvalue weighted by Crippen LogP contribution is -3.00. The van der Waals surface area contributed by atoms with Crippen molar-refractivity contribution in [2.24, 2.45) is 0 Å². The molecule has 0 fully saturated rings. The van der Waals surface area contributed by atoms with E-state index >= 15 is 0 Å². The Morgan fingerprint density at radius 1 is 0.281 bits per heavy atom. The Hall–Kier alpha value is 0.690. The van der Waals surface area contributed by atoms with E-state index in [2.05, 4.69) is 27.7 Å². The van der Waals surface area contributed by atoms with Crippen LogP contribution in [-0.2, 0) is 0 Å². The van der Waals surface area contributed by atoms with Gasteiger partial charge in [0, 0.05) is 0 Å². The summed E-state index contributed by atoms with van der Waals surface area (Å²) < 4.78 is 1.47. The molecule has 0 bridgehead atoms. The van der Waals surface area contributed by atoms with E-state index < -0.39 is 0 Å². The number of nitrogens with zero attached hydrogens (tertiary/aromatic N) is 1.